The van der Waals surface area contributed by atoms with E-state index < -0.39 is 0 Å². The fraction of sp³-hybridized carbons (Fsp3) is 0.571. The van der Waals surface area contributed by atoms with Crippen molar-refractivity contribution < 1.29 is 0 Å². The third-order valence-corrected chi connectivity index (χ3v) is 4.78. The molecule has 1 saturated carbocycles. The van der Waals surface area contributed by atoms with E-state index in [0.717, 1.165) is 47.9 Å². The van der Waals surface area contributed by atoms with Gasteiger partial charge in [0.1, 0.15) is 18.0 Å². The molecule has 1 unspecified atom stereocenters. The van der Waals surface area contributed by atoms with Gasteiger partial charge < -0.3 is 4.90 Å². The van der Waals surface area contributed by atoms with Crippen molar-refractivity contribution in [1.29, 1.82) is 0 Å². The summed E-state index contributed by atoms with van der Waals surface area (Å²) in [5.74, 6) is 4.01. The summed E-state index contributed by atoms with van der Waals surface area (Å²) in [5, 5.41) is 7.56. The molecular formula is C14H17BrN6. The summed E-state index contributed by atoms with van der Waals surface area (Å²) in [6, 6.07) is 0. The normalized spacial score (nSPS) is 22.5. The van der Waals surface area contributed by atoms with Crippen LogP contribution in [0.2, 0.25) is 0 Å². The first-order valence-electron chi connectivity index (χ1n) is 7.44. The zero-order valence-corrected chi connectivity index (χ0v) is 13.3. The number of aromatic amines is 1. The summed E-state index contributed by atoms with van der Waals surface area (Å²) in [6.07, 6.45) is 8.17. The lowest BCUT2D eigenvalue weighted by Crippen LogP contribution is -2.35. The zero-order valence-electron chi connectivity index (χ0n) is 11.7. The highest BCUT2D eigenvalue weighted by molar-refractivity contribution is 9.10. The fourth-order valence-electron chi connectivity index (χ4n) is 2.93. The molecule has 1 atom stereocenters. The van der Waals surface area contributed by atoms with E-state index in [4.69, 9.17) is 4.98 Å². The predicted molar refractivity (Wildman–Crippen MR) is 82.3 cm³/mol. The average Bonchev–Trinajstić information content (AvgIpc) is 3.25. The highest BCUT2D eigenvalue weighted by atomic mass is 79.9. The SMILES string of the molecule is Brc1cncnc1N1CCCC(c2n[nH]c(C3CC3)n2)C1. The minimum atomic E-state index is 0.379. The minimum absolute atomic E-state index is 0.379. The van der Waals surface area contributed by atoms with Gasteiger partial charge in [-0.05, 0) is 41.6 Å². The maximum absolute atomic E-state index is 4.71. The van der Waals surface area contributed by atoms with E-state index in [2.05, 4.69) is 41.0 Å². The van der Waals surface area contributed by atoms with Crippen LogP contribution < -0.4 is 4.90 Å². The topological polar surface area (TPSA) is 70.6 Å². The van der Waals surface area contributed by atoms with Crippen molar-refractivity contribution in [2.24, 2.45) is 0 Å². The van der Waals surface area contributed by atoms with Crippen LogP contribution in [0.3, 0.4) is 0 Å². The van der Waals surface area contributed by atoms with Crippen LogP contribution in [-0.4, -0.2) is 38.2 Å². The molecule has 2 fully saturated rings. The first-order chi connectivity index (χ1) is 10.3. The summed E-state index contributed by atoms with van der Waals surface area (Å²) in [6.45, 7) is 1.93. The van der Waals surface area contributed by atoms with Gasteiger partial charge in [0.25, 0.3) is 0 Å². The van der Waals surface area contributed by atoms with Crippen molar-refractivity contribution in [3.63, 3.8) is 0 Å². The number of nitrogens with one attached hydrogen (secondary N) is 1. The molecule has 3 heterocycles. The molecule has 2 aromatic heterocycles. The minimum Gasteiger partial charge on any atom is -0.355 e. The van der Waals surface area contributed by atoms with E-state index in [1.807, 2.05) is 0 Å². The zero-order chi connectivity index (χ0) is 14.2. The van der Waals surface area contributed by atoms with Crippen LogP contribution in [0.15, 0.2) is 17.0 Å². The Hall–Kier alpha value is -1.50. The van der Waals surface area contributed by atoms with Crippen LogP contribution in [0.5, 0.6) is 0 Å². The summed E-state index contributed by atoms with van der Waals surface area (Å²) in [7, 11) is 0. The number of rotatable bonds is 3. The molecule has 1 aliphatic carbocycles. The molecule has 0 bridgehead atoms. The van der Waals surface area contributed by atoms with Crippen LogP contribution in [0.25, 0.3) is 0 Å². The Bertz CT molecular complexity index is 638. The Morgan fingerprint density at radius 3 is 2.95 bits per heavy atom. The fourth-order valence-corrected chi connectivity index (χ4v) is 3.40. The maximum Gasteiger partial charge on any atom is 0.155 e. The van der Waals surface area contributed by atoms with Crippen molar-refractivity contribution >= 4 is 21.7 Å². The largest absolute Gasteiger partial charge is 0.355 e. The van der Waals surface area contributed by atoms with Crippen molar-refractivity contribution in [2.75, 3.05) is 18.0 Å². The molecule has 110 valence electrons. The van der Waals surface area contributed by atoms with Gasteiger partial charge in [-0.25, -0.2) is 15.0 Å². The third-order valence-electron chi connectivity index (χ3n) is 4.22. The van der Waals surface area contributed by atoms with Crippen LogP contribution in [0, 0.1) is 0 Å². The number of hydrogen-bond acceptors (Lipinski definition) is 5. The predicted octanol–water partition coefficient (Wildman–Crippen LogP) is 2.62. The summed E-state index contributed by atoms with van der Waals surface area (Å²) < 4.78 is 0.944. The number of H-pyrrole nitrogens is 1. The van der Waals surface area contributed by atoms with Gasteiger partial charge in [0.2, 0.25) is 0 Å². The van der Waals surface area contributed by atoms with E-state index in [1.54, 1.807) is 12.5 Å². The number of anilines is 1. The first kappa shape index (κ1) is 13.2. The van der Waals surface area contributed by atoms with E-state index >= 15 is 0 Å². The first-order valence-corrected chi connectivity index (χ1v) is 8.23. The van der Waals surface area contributed by atoms with Crippen molar-refractivity contribution in [2.45, 2.75) is 37.5 Å². The monoisotopic (exact) mass is 348 g/mol. The maximum atomic E-state index is 4.71. The van der Waals surface area contributed by atoms with Gasteiger partial charge in [0, 0.05) is 31.1 Å². The molecule has 0 spiro atoms. The Morgan fingerprint density at radius 1 is 1.24 bits per heavy atom. The highest BCUT2D eigenvalue weighted by Crippen LogP contribution is 2.38. The molecule has 1 saturated heterocycles. The van der Waals surface area contributed by atoms with E-state index in [-0.39, 0.29) is 0 Å². The van der Waals surface area contributed by atoms with Gasteiger partial charge >= 0.3 is 0 Å². The number of halogens is 1. The molecule has 2 aliphatic rings. The second-order valence-corrected chi connectivity index (χ2v) is 6.69. The van der Waals surface area contributed by atoms with Crippen LogP contribution in [-0.2, 0) is 0 Å². The Balaban J connectivity index is 1.53. The molecule has 4 rings (SSSR count). The Morgan fingerprint density at radius 2 is 2.14 bits per heavy atom. The van der Waals surface area contributed by atoms with Crippen LogP contribution >= 0.6 is 15.9 Å². The second-order valence-electron chi connectivity index (χ2n) is 5.83. The average molecular weight is 349 g/mol. The lowest BCUT2D eigenvalue weighted by atomic mass is 9.97. The molecule has 1 aliphatic heterocycles. The second kappa shape index (κ2) is 5.36. The standard InChI is InChI=1S/C14H17BrN6/c15-11-6-16-8-17-14(11)21-5-1-2-10(7-21)13-18-12(19-20-13)9-3-4-9/h6,8-10H,1-5,7H2,(H,18,19,20). The molecule has 21 heavy (non-hydrogen) atoms. The van der Waals surface area contributed by atoms with Crippen LogP contribution in [0.4, 0.5) is 5.82 Å². The number of nitrogens with zero attached hydrogens (tertiary/aromatic N) is 5. The van der Waals surface area contributed by atoms with E-state index in [9.17, 15) is 0 Å². The molecule has 0 radical (unpaired) electrons. The smallest absolute Gasteiger partial charge is 0.155 e. The van der Waals surface area contributed by atoms with Crippen molar-refractivity contribution in [3.05, 3.63) is 28.6 Å². The molecule has 1 N–H and O–H groups in total. The summed E-state index contributed by atoms with van der Waals surface area (Å²) >= 11 is 3.54. The molecule has 6 nitrogen and oxygen atoms in total. The van der Waals surface area contributed by atoms with Gasteiger partial charge in [-0.3, -0.25) is 5.10 Å². The van der Waals surface area contributed by atoms with Gasteiger partial charge in [0.15, 0.2) is 5.82 Å². The van der Waals surface area contributed by atoms with Gasteiger partial charge in [0.05, 0.1) is 4.47 Å². The Kier molecular flexibility index (Phi) is 3.37. The number of aromatic nitrogens is 5. The lowest BCUT2D eigenvalue weighted by molar-refractivity contribution is 0.489. The molecule has 2 aromatic rings. The lowest BCUT2D eigenvalue weighted by Gasteiger charge is -2.32. The third kappa shape index (κ3) is 2.66. The van der Waals surface area contributed by atoms with Crippen molar-refractivity contribution in [1.82, 2.24) is 25.1 Å². The number of piperidine rings is 1. The quantitative estimate of drug-likeness (QED) is 0.922. The van der Waals surface area contributed by atoms with Gasteiger partial charge in [-0.15, -0.1) is 0 Å². The van der Waals surface area contributed by atoms with Crippen molar-refractivity contribution in [3.8, 4) is 0 Å². The summed E-state index contributed by atoms with van der Waals surface area (Å²) in [4.78, 5) is 15.4. The van der Waals surface area contributed by atoms with Gasteiger partial charge in [-0.1, -0.05) is 0 Å². The summed E-state index contributed by atoms with van der Waals surface area (Å²) in [5.41, 5.74) is 0. The van der Waals surface area contributed by atoms with Crippen LogP contribution in [0.1, 0.15) is 49.2 Å². The van der Waals surface area contributed by atoms with E-state index in [1.165, 1.54) is 12.8 Å². The Labute approximate surface area is 131 Å². The number of hydrogen-bond donors (Lipinski definition) is 1. The molecule has 7 heteroatoms. The van der Waals surface area contributed by atoms with E-state index in [0.29, 0.717) is 11.8 Å². The van der Waals surface area contributed by atoms with Gasteiger partial charge in [-0.2, -0.15) is 5.10 Å². The molecular weight excluding hydrogens is 332 g/mol. The molecule has 0 aromatic carbocycles. The highest BCUT2D eigenvalue weighted by Gasteiger charge is 2.30. The molecule has 0 amide bonds.